The number of fused-ring (bicyclic) bond motifs is 4. The maximum Gasteiger partial charge on any atom is 0.227 e. The molecule has 28 heavy (non-hydrogen) atoms. The van der Waals surface area contributed by atoms with E-state index in [0.717, 1.165) is 45.1 Å². The molecular formula is C23H30N4O. The second-order valence-electron chi connectivity index (χ2n) is 8.93. The fraction of sp³-hybridized carbons (Fsp3) is 0.565. The molecular weight excluding hydrogens is 348 g/mol. The van der Waals surface area contributed by atoms with Crippen molar-refractivity contribution in [1.29, 1.82) is 0 Å². The van der Waals surface area contributed by atoms with Gasteiger partial charge in [0.2, 0.25) is 5.91 Å². The molecule has 5 nitrogen and oxygen atoms in total. The first-order chi connectivity index (χ1) is 13.7. The molecule has 2 bridgehead atoms. The first kappa shape index (κ1) is 17.9. The Morgan fingerprint density at radius 3 is 2.43 bits per heavy atom. The van der Waals surface area contributed by atoms with E-state index in [9.17, 15) is 4.79 Å². The minimum absolute atomic E-state index is 0.206. The van der Waals surface area contributed by atoms with E-state index in [1.54, 1.807) is 0 Å². The zero-order chi connectivity index (χ0) is 18.9. The highest BCUT2D eigenvalue weighted by molar-refractivity contribution is 5.80. The number of nitrogens with zero attached hydrogens (tertiary/aromatic N) is 4. The van der Waals surface area contributed by atoms with Gasteiger partial charge in [-0.25, -0.2) is 0 Å². The van der Waals surface area contributed by atoms with Crippen LogP contribution in [0.25, 0.3) is 0 Å². The molecule has 4 fully saturated rings. The molecule has 1 aliphatic carbocycles. The van der Waals surface area contributed by atoms with Crippen molar-refractivity contribution in [1.82, 2.24) is 19.6 Å². The van der Waals surface area contributed by atoms with Crippen LogP contribution < -0.4 is 0 Å². The molecule has 0 radical (unpaired) electrons. The minimum Gasteiger partial charge on any atom is -0.338 e. The van der Waals surface area contributed by atoms with E-state index in [1.165, 1.54) is 36.8 Å². The smallest absolute Gasteiger partial charge is 0.227 e. The van der Waals surface area contributed by atoms with Crippen molar-refractivity contribution in [3.8, 4) is 0 Å². The third kappa shape index (κ3) is 3.72. The molecule has 2 unspecified atom stereocenters. The van der Waals surface area contributed by atoms with E-state index in [0.29, 0.717) is 11.9 Å². The predicted molar refractivity (Wildman–Crippen MR) is 109 cm³/mol. The van der Waals surface area contributed by atoms with Gasteiger partial charge in [0.25, 0.3) is 0 Å². The normalized spacial score (nSPS) is 25.7. The summed E-state index contributed by atoms with van der Waals surface area (Å²) in [5.74, 6) is 1.40. The summed E-state index contributed by atoms with van der Waals surface area (Å²) in [6, 6.07) is 11.3. The Bertz CT molecular complexity index is 797. The van der Waals surface area contributed by atoms with E-state index in [1.807, 2.05) is 23.1 Å². The first-order valence-corrected chi connectivity index (χ1v) is 10.8. The van der Waals surface area contributed by atoms with Crippen molar-refractivity contribution >= 4 is 5.91 Å². The molecule has 4 heterocycles. The van der Waals surface area contributed by atoms with E-state index in [-0.39, 0.29) is 5.92 Å². The highest BCUT2D eigenvalue weighted by atomic mass is 16.2. The number of piperidine rings is 1. The van der Waals surface area contributed by atoms with Gasteiger partial charge in [-0.1, -0.05) is 30.7 Å². The van der Waals surface area contributed by atoms with Crippen LogP contribution in [0.15, 0.2) is 42.7 Å². The Labute approximate surface area is 167 Å². The molecule has 2 aromatic rings. The number of carbonyl (C=O) groups is 1. The predicted octanol–water partition coefficient (Wildman–Crippen LogP) is 3.15. The third-order valence-electron chi connectivity index (χ3n) is 6.88. The lowest BCUT2D eigenvalue weighted by Gasteiger charge is -2.40. The van der Waals surface area contributed by atoms with Crippen LogP contribution in [0.3, 0.4) is 0 Å². The first-order valence-electron chi connectivity index (χ1n) is 10.8. The van der Waals surface area contributed by atoms with Crippen LogP contribution in [-0.4, -0.2) is 51.2 Å². The highest BCUT2D eigenvalue weighted by Gasteiger charge is 2.41. The topological polar surface area (TPSA) is 41.4 Å². The minimum atomic E-state index is 0.206. The number of benzene rings is 1. The van der Waals surface area contributed by atoms with Gasteiger partial charge >= 0.3 is 0 Å². The third-order valence-corrected chi connectivity index (χ3v) is 6.88. The van der Waals surface area contributed by atoms with E-state index in [2.05, 4.69) is 39.2 Å². The fourth-order valence-corrected chi connectivity index (χ4v) is 5.04. The van der Waals surface area contributed by atoms with Crippen LogP contribution in [-0.2, 0) is 17.9 Å². The molecule has 6 rings (SSSR count). The Morgan fingerprint density at radius 2 is 1.75 bits per heavy atom. The van der Waals surface area contributed by atoms with Gasteiger partial charge in [0.15, 0.2) is 0 Å². The van der Waals surface area contributed by atoms with Gasteiger partial charge in [0, 0.05) is 44.6 Å². The summed E-state index contributed by atoms with van der Waals surface area (Å²) >= 11 is 0. The second-order valence-corrected chi connectivity index (χ2v) is 8.93. The fourth-order valence-electron chi connectivity index (χ4n) is 5.04. The van der Waals surface area contributed by atoms with Gasteiger partial charge < -0.3 is 4.90 Å². The van der Waals surface area contributed by atoms with Crippen molar-refractivity contribution in [3.05, 3.63) is 53.9 Å². The molecule has 2 atom stereocenters. The molecule has 1 saturated carbocycles. The molecule has 3 aliphatic heterocycles. The maximum absolute atomic E-state index is 13.0. The zero-order valence-corrected chi connectivity index (χ0v) is 16.5. The van der Waals surface area contributed by atoms with E-state index >= 15 is 0 Å². The monoisotopic (exact) mass is 378 g/mol. The molecule has 1 amide bonds. The van der Waals surface area contributed by atoms with Crippen molar-refractivity contribution in [2.45, 2.75) is 51.2 Å². The van der Waals surface area contributed by atoms with Gasteiger partial charge in [-0.3, -0.25) is 14.4 Å². The molecule has 5 heteroatoms. The Balaban J connectivity index is 1.23. The summed E-state index contributed by atoms with van der Waals surface area (Å²) < 4.78 is 1.95. The standard InChI is InChI=1S/C23H30N4O/c28-23-21-9-10-22(27(23)15-18-3-1-4-18)17-25(16-21)13-19-5-7-20(8-6-19)14-26-12-2-11-24-26/h2,5-8,11-12,18,21-22H,1,3-4,9-10,13-17H2. The van der Waals surface area contributed by atoms with E-state index in [4.69, 9.17) is 0 Å². The summed E-state index contributed by atoms with van der Waals surface area (Å²) in [7, 11) is 0. The van der Waals surface area contributed by atoms with E-state index < -0.39 is 0 Å². The summed E-state index contributed by atoms with van der Waals surface area (Å²) in [5, 5.41) is 4.28. The lowest BCUT2D eigenvalue weighted by atomic mass is 9.83. The zero-order valence-electron chi connectivity index (χ0n) is 16.5. The molecule has 3 saturated heterocycles. The summed E-state index contributed by atoms with van der Waals surface area (Å²) in [6.07, 6.45) is 10.0. The number of hydrogen-bond acceptors (Lipinski definition) is 3. The molecule has 1 aromatic heterocycles. The quantitative estimate of drug-likeness (QED) is 0.775. The Morgan fingerprint density at radius 1 is 0.964 bits per heavy atom. The largest absolute Gasteiger partial charge is 0.338 e. The highest BCUT2D eigenvalue weighted by Crippen LogP contribution is 2.34. The van der Waals surface area contributed by atoms with Crippen molar-refractivity contribution in [2.75, 3.05) is 19.6 Å². The SMILES string of the molecule is O=C1C2CCC(CN(Cc3ccc(Cn4cccn4)cc3)C2)N1CC1CCC1. The molecule has 1 aromatic carbocycles. The number of rotatable bonds is 6. The molecule has 4 aliphatic rings. The average Bonchev–Trinajstić information content (AvgIpc) is 3.03. The average molecular weight is 379 g/mol. The lowest BCUT2D eigenvalue weighted by Crippen LogP contribution is -2.50. The van der Waals surface area contributed by atoms with Gasteiger partial charge in [0.05, 0.1) is 12.5 Å². The number of hydrogen-bond donors (Lipinski definition) is 0. The van der Waals surface area contributed by atoms with Gasteiger partial charge in [0.1, 0.15) is 0 Å². The lowest BCUT2D eigenvalue weighted by molar-refractivity contribution is -0.141. The molecule has 0 N–H and O–H groups in total. The van der Waals surface area contributed by atoms with Crippen LogP contribution in [0.2, 0.25) is 0 Å². The maximum atomic E-state index is 13.0. The van der Waals surface area contributed by atoms with Crippen LogP contribution in [0.4, 0.5) is 0 Å². The molecule has 0 spiro atoms. The van der Waals surface area contributed by atoms with Crippen molar-refractivity contribution in [2.24, 2.45) is 11.8 Å². The summed E-state index contributed by atoms with van der Waals surface area (Å²) in [5.41, 5.74) is 2.61. The Hall–Kier alpha value is -2.14. The van der Waals surface area contributed by atoms with Crippen LogP contribution in [0.1, 0.15) is 43.2 Å². The number of amides is 1. The second kappa shape index (κ2) is 7.70. The van der Waals surface area contributed by atoms with Crippen molar-refractivity contribution in [3.63, 3.8) is 0 Å². The number of aromatic nitrogens is 2. The Kier molecular flexibility index (Phi) is 4.93. The summed E-state index contributed by atoms with van der Waals surface area (Å²) in [6.45, 7) is 4.72. The van der Waals surface area contributed by atoms with Crippen LogP contribution >= 0.6 is 0 Å². The number of carbonyl (C=O) groups excluding carboxylic acids is 1. The summed E-state index contributed by atoms with van der Waals surface area (Å²) in [4.78, 5) is 17.7. The van der Waals surface area contributed by atoms with Gasteiger partial charge in [-0.15, -0.1) is 0 Å². The van der Waals surface area contributed by atoms with Crippen LogP contribution in [0.5, 0.6) is 0 Å². The van der Waals surface area contributed by atoms with Gasteiger partial charge in [-0.2, -0.15) is 5.10 Å². The van der Waals surface area contributed by atoms with Crippen LogP contribution in [0, 0.1) is 11.8 Å². The van der Waals surface area contributed by atoms with Gasteiger partial charge in [-0.05, 0) is 48.8 Å². The molecule has 148 valence electrons. The van der Waals surface area contributed by atoms with Crippen molar-refractivity contribution < 1.29 is 4.79 Å².